The number of aliphatic hydroxyl groups is 1. The van der Waals surface area contributed by atoms with Gasteiger partial charge in [-0.3, -0.25) is 9.59 Å². The van der Waals surface area contributed by atoms with Crippen molar-refractivity contribution in [2.75, 3.05) is 12.4 Å². The number of aromatic amines is 1. The van der Waals surface area contributed by atoms with E-state index in [1.807, 2.05) is 0 Å². The minimum absolute atomic E-state index is 0.154. The van der Waals surface area contributed by atoms with Gasteiger partial charge in [0.1, 0.15) is 5.83 Å². The van der Waals surface area contributed by atoms with E-state index in [1.165, 1.54) is 18.2 Å². The molecular weight excluding hydrogens is 378 g/mol. The molecule has 3 N–H and O–H groups in total. The van der Waals surface area contributed by atoms with Crippen LogP contribution >= 0.6 is 0 Å². The first-order valence-corrected chi connectivity index (χ1v) is 8.55. The van der Waals surface area contributed by atoms with Crippen LogP contribution in [-0.4, -0.2) is 29.4 Å². The molecule has 0 bridgehead atoms. The van der Waals surface area contributed by atoms with E-state index < -0.39 is 11.7 Å². The number of nitrogens with one attached hydrogen (secondary N) is 2. The fraction of sp³-hybridized carbons (Fsp3) is 0.0909. The zero-order valence-electron chi connectivity index (χ0n) is 15.9. The molecule has 2 aromatic rings. The summed E-state index contributed by atoms with van der Waals surface area (Å²) < 4.78 is 27.8. The lowest BCUT2D eigenvalue weighted by molar-refractivity contribution is -0.110. The SMILES string of the molecule is C=C/C=C(F)\C(=C\F)c1cccc2c1/C(=C/c1[nH]c(C)cc1C=O)C(=O)N2.CO. The summed E-state index contributed by atoms with van der Waals surface area (Å²) in [4.78, 5) is 26.7. The average Bonchev–Trinajstić information content (AvgIpc) is 3.24. The van der Waals surface area contributed by atoms with Crippen LogP contribution in [-0.2, 0) is 4.79 Å². The topological polar surface area (TPSA) is 82.2 Å². The number of carbonyl (C=O) groups is 2. The normalized spacial score (nSPS) is 14.8. The van der Waals surface area contributed by atoms with Crippen molar-refractivity contribution in [1.29, 1.82) is 0 Å². The molecule has 0 fully saturated rings. The number of benzene rings is 1. The van der Waals surface area contributed by atoms with Gasteiger partial charge in [0, 0.05) is 40.9 Å². The highest BCUT2D eigenvalue weighted by Crippen LogP contribution is 2.40. The minimum Gasteiger partial charge on any atom is -0.400 e. The van der Waals surface area contributed by atoms with Crippen LogP contribution in [0.3, 0.4) is 0 Å². The van der Waals surface area contributed by atoms with Gasteiger partial charge in [0.15, 0.2) is 6.29 Å². The van der Waals surface area contributed by atoms with Gasteiger partial charge in [0.05, 0.1) is 11.9 Å². The van der Waals surface area contributed by atoms with Crippen molar-refractivity contribution < 1.29 is 23.5 Å². The molecule has 0 radical (unpaired) electrons. The Kier molecular flexibility index (Phi) is 7.16. The molecule has 7 heteroatoms. The largest absolute Gasteiger partial charge is 0.400 e. The van der Waals surface area contributed by atoms with Gasteiger partial charge in [-0.1, -0.05) is 24.8 Å². The van der Waals surface area contributed by atoms with Gasteiger partial charge >= 0.3 is 0 Å². The van der Waals surface area contributed by atoms with E-state index in [1.54, 1.807) is 25.1 Å². The van der Waals surface area contributed by atoms with Crippen LogP contribution in [0.15, 0.2) is 55.2 Å². The van der Waals surface area contributed by atoms with E-state index in [-0.39, 0.29) is 23.0 Å². The molecule has 0 unspecified atom stereocenters. The lowest BCUT2D eigenvalue weighted by Crippen LogP contribution is -2.04. The number of amides is 1. The fourth-order valence-electron chi connectivity index (χ4n) is 3.04. The molecule has 0 atom stereocenters. The van der Waals surface area contributed by atoms with Crippen LogP contribution < -0.4 is 5.32 Å². The summed E-state index contributed by atoms with van der Waals surface area (Å²) in [7, 11) is 1.00. The second-order valence-electron chi connectivity index (χ2n) is 5.95. The Balaban J connectivity index is 0.00000145. The Morgan fingerprint density at radius 2 is 2.00 bits per heavy atom. The molecule has 0 aliphatic carbocycles. The zero-order chi connectivity index (χ0) is 21.6. The Labute approximate surface area is 166 Å². The van der Waals surface area contributed by atoms with Crippen molar-refractivity contribution in [3.63, 3.8) is 0 Å². The summed E-state index contributed by atoms with van der Waals surface area (Å²) >= 11 is 0. The summed E-state index contributed by atoms with van der Waals surface area (Å²) in [6.07, 6.45) is 4.58. The summed E-state index contributed by atoms with van der Waals surface area (Å²) in [5.41, 5.74) is 2.50. The first kappa shape index (κ1) is 21.7. The van der Waals surface area contributed by atoms with Gasteiger partial charge in [-0.05, 0) is 36.8 Å². The highest BCUT2D eigenvalue weighted by molar-refractivity contribution is 6.36. The molecule has 0 spiro atoms. The number of rotatable bonds is 5. The highest BCUT2D eigenvalue weighted by Gasteiger charge is 2.29. The number of hydrogen-bond donors (Lipinski definition) is 3. The van der Waals surface area contributed by atoms with Crippen LogP contribution in [0.1, 0.15) is 32.9 Å². The predicted molar refractivity (Wildman–Crippen MR) is 110 cm³/mol. The van der Waals surface area contributed by atoms with Crippen LogP contribution in [0.25, 0.3) is 17.2 Å². The number of carbonyl (C=O) groups excluding carboxylic acids is 2. The molecule has 1 aromatic carbocycles. The van der Waals surface area contributed by atoms with Gasteiger partial charge < -0.3 is 15.4 Å². The van der Waals surface area contributed by atoms with Crippen LogP contribution in [0.5, 0.6) is 0 Å². The molecule has 1 aromatic heterocycles. The second-order valence-corrected chi connectivity index (χ2v) is 5.95. The van der Waals surface area contributed by atoms with Gasteiger partial charge in [0.2, 0.25) is 0 Å². The van der Waals surface area contributed by atoms with Crippen molar-refractivity contribution in [3.05, 3.63) is 83.2 Å². The summed E-state index contributed by atoms with van der Waals surface area (Å²) in [5, 5.41) is 9.68. The third-order valence-corrected chi connectivity index (χ3v) is 4.18. The number of aromatic nitrogens is 1. The number of hydrogen-bond acceptors (Lipinski definition) is 3. The van der Waals surface area contributed by atoms with E-state index in [9.17, 15) is 18.4 Å². The third kappa shape index (κ3) is 4.30. The Morgan fingerprint density at radius 1 is 1.28 bits per heavy atom. The van der Waals surface area contributed by atoms with Crippen molar-refractivity contribution in [2.45, 2.75) is 6.92 Å². The molecule has 0 saturated heterocycles. The molecule has 150 valence electrons. The quantitative estimate of drug-likeness (QED) is 0.392. The maximum atomic E-state index is 14.3. The number of aldehydes is 1. The average molecular weight is 398 g/mol. The maximum absolute atomic E-state index is 14.3. The number of H-pyrrole nitrogens is 1. The molecule has 5 nitrogen and oxygen atoms in total. The number of aliphatic hydroxyl groups excluding tert-OH is 1. The molecule has 1 aliphatic heterocycles. The van der Waals surface area contributed by atoms with Gasteiger partial charge in [-0.2, -0.15) is 0 Å². The zero-order valence-corrected chi connectivity index (χ0v) is 15.9. The molecule has 1 amide bonds. The van der Waals surface area contributed by atoms with E-state index in [0.717, 1.165) is 18.9 Å². The lowest BCUT2D eigenvalue weighted by atomic mass is 9.94. The van der Waals surface area contributed by atoms with Crippen molar-refractivity contribution in [2.24, 2.45) is 0 Å². The van der Waals surface area contributed by atoms with Gasteiger partial charge in [-0.25, -0.2) is 8.78 Å². The number of allylic oxidation sites excluding steroid dienone is 4. The molecule has 29 heavy (non-hydrogen) atoms. The van der Waals surface area contributed by atoms with E-state index in [2.05, 4.69) is 16.9 Å². The first-order valence-electron chi connectivity index (χ1n) is 8.55. The predicted octanol–water partition coefficient (Wildman–Crippen LogP) is 4.59. The summed E-state index contributed by atoms with van der Waals surface area (Å²) in [6, 6.07) is 6.41. The second kappa shape index (κ2) is 9.57. The molecule has 2 heterocycles. The number of anilines is 1. The van der Waals surface area contributed by atoms with E-state index in [4.69, 9.17) is 5.11 Å². The van der Waals surface area contributed by atoms with Crippen molar-refractivity contribution in [3.8, 4) is 0 Å². The summed E-state index contributed by atoms with van der Waals surface area (Å²) in [5.74, 6) is -1.24. The number of aryl methyl sites for hydroxylation is 1. The van der Waals surface area contributed by atoms with Crippen LogP contribution in [0.2, 0.25) is 0 Å². The minimum atomic E-state index is -0.816. The molecular formula is C22H20F2N2O3. The molecule has 0 saturated carbocycles. The van der Waals surface area contributed by atoms with E-state index in [0.29, 0.717) is 28.8 Å². The molecule has 3 rings (SSSR count). The standard InChI is InChI=1S/C21H16F2N2O2.CH4O/c1-3-5-17(23)16(10-22)14-6-4-7-18-20(14)15(21(27)25-18)9-19-13(11-26)8-12(2)24-19;1-2/h3-11,24H,1H2,2H3,(H,25,27);2H,1H3/b15-9-,16-10+,17-5+;. The Morgan fingerprint density at radius 3 is 2.62 bits per heavy atom. The third-order valence-electron chi connectivity index (χ3n) is 4.18. The maximum Gasteiger partial charge on any atom is 0.256 e. The molecule has 1 aliphatic rings. The first-order chi connectivity index (χ1) is 14.0. The van der Waals surface area contributed by atoms with Gasteiger partial charge in [-0.15, -0.1) is 0 Å². The van der Waals surface area contributed by atoms with Gasteiger partial charge in [0.25, 0.3) is 5.91 Å². The van der Waals surface area contributed by atoms with Crippen LogP contribution in [0.4, 0.5) is 14.5 Å². The number of fused-ring (bicyclic) bond motifs is 1. The van der Waals surface area contributed by atoms with Crippen LogP contribution in [0, 0.1) is 6.92 Å². The Hall–Kier alpha value is -3.58. The lowest BCUT2D eigenvalue weighted by Gasteiger charge is -2.10. The highest BCUT2D eigenvalue weighted by atomic mass is 19.1. The Bertz CT molecular complexity index is 1050. The smallest absolute Gasteiger partial charge is 0.256 e. The van der Waals surface area contributed by atoms with E-state index >= 15 is 0 Å². The monoisotopic (exact) mass is 398 g/mol. The van der Waals surface area contributed by atoms with Crippen molar-refractivity contribution in [1.82, 2.24) is 4.98 Å². The fourth-order valence-corrected chi connectivity index (χ4v) is 3.04. The summed E-state index contributed by atoms with van der Waals surface area (Å²) in [6.45, 7) is 5.19. The van der Waals surface area contributed by atoms with Crippen molar-refractivity contribution >= 4 is 35.1 Å². The number of halogens is 2.